The van der Waals surface area contributed by atoms with Crippen LogP contribution in [0.4, 0.5) is 0 Å². The van der Waals surface area contributed by atoms with Crippen molar-refractivity contribution in [2.45, 2.75) is 248 Å². The Morgan fingerprint density at radius 3 is 1.24 bits per heavy atom. The van der Waals surface area contributed by atoms with Gasteiger partial charge in [0.2, 0.25) is 0 Å². The van der Waals surface area contributed by atoms with E-state index in [0.29, 0.717) is 63.5 Å². The number of rotatable bonds is 10. The van der Waals surface area contributed by atoms with Gasteiger partial charge >= 0.3 is 11.9 Å². The van der Waals surface area contributed by atoms with Crippen LogP contribution in [0.3, 0.4) is 0 Å². The Kier molecular flexibility index (Phi) is 16.7. The van der Waals surface area contributed by atoms with Gasteiger partial charge in [0.1, 0.15) is 0 Å². The number of hydrogen-bond donors (Lipinski definition) is 1. The lowest BCUT2D eigenvalue weighted by atomic mass is 9.43. The fraction of sp³-hybridized carbons (Fsp3) is 0.905. The summed E-state index contributed by atoms with van der Waals surface area (Å²) >= 11 is 0. The molecule has 0 saturated heterocycles. The lowest BCUT2D eigenvalue weighted by Crippen LogP contribution is -2.60. The molecule has 8 saturated carbocycles. The molecule has 1 N–H and O–H groups in total. The van der Waals surface area contributed by atoms with Crippen LogP contribution < -0.4 is 0 Å². The molecule has 0 radical (unpaired) electrons. The minimum atomic E-state index is -1.85. The Hall–Kier alpha value is -1.23. The minimum absolute atomic E-state index is 0.228. The van der Waals surface area contributed by atoms with Crippen molar-refractivity contribution in [2.24, 2.45) is 105 Å². The van der Waals surface area contributed by atoms with Crippen LogP contribution in [0.2, 0.25) is 36.3 Å². The van der Waals surface area contributed by atoms with Crippen LogP contribution in [-0.2, 0) is 23.2 Å². The van der Waals surface area contributed by atoms with Crippen molar-refractivity contribution in [3.63, 3.8) is 0 Å². The standard InChI is InChI=1S/C32H56O3Si.C31H54O3Si/c1-21-15-17-32(7)26-16-18-31(6)24(22(2)11-14-29(33)34-8)12-13-25(31)23(26)20-28(27(32)19-21)35-36(9,10)30(3,4)5;1-20-14-16-31(7)25-15-17-30(6)23(21(2)10-13-28(32)33)11-12-24(30)22(25)19-27(26(31)18-20)34-35(8,9)29(3,4)5/h11,14,21-28H,12-13,15-20H2,1-10H3;10,13,20-27H,11-12,14-19H2,1-9H3,(H,32,33)/b14-11+;13-10+/t21-,22-,23?,24-,25?,26?,27+,28+,31-,32-;20-,21-,22?,23-,24?,25?,26+,27+,30-,31-/m11/s1. The number of carbonyl (C=O) groups is 2. The first kappa shape index (κ1) is 57.5. The van der Waals surface area contributed by atoms with Gasteiger partial charge in [0.15, 0.2) is 16.6 Å². The molecule has 0 aromatic rings. The molecule has 0 aliphatic heterocycles. The van der Waals surface area contributed by atoms with E-state index in [1.54, 1.807) is 6.08 Å². The van der Waals surface area contributed by atoms with Crippen LogP contribution >= 0.6 is 0 Å². The molecular weight excluding hydrogens is 909 g/mol. The zero-order valence-electron chi connectivity index (χ0n) is 49.3. The van der Waals surface area contributed by atoms with Gasteiger partial charge in [0, 0.05) is 24.4 Å². The molecule has 8 aliphatic rings. The van der Waals surface area contributed by atoms with Crippen molar-refractivity contribution in [1.29, 1.82) is 0 Å². The molecule has 406 valence electrons. The molecule has 8 heteroatoms. The highest BCUT2D eigenvalue weighted by atomic mass is 28.4. The molecule has 20 atom stereocenters. The summed E-state index contributed by atoms with van der Waals surface area (Å²) in [6, 6.07) is 0. The van der Waals surface area contributed by atoms with E-state index in [1.807, 2.05) is 6.08 Å². The molecular formula is C63H110O6Si2. The molecule has 0 spiro atoms. The van der Waals surface area contributed by atoms with E-state index in [1.165, 1.54) is 116 Å². The number of hydrogen-bond acceptors (Lipinski definition) is 5. The quantitative estimate of drug-likeness (QED) is 0.133. The number of allylic oxidation sites excluding steroid dienone is 2. The first-order chi connectivity index (χ1) is 32.7. The Balaban J connectivity index is 0.000000209. The van der Waals surface area contributed by atoms with Gasteiger partial charge in [-0.25, -0.2) is 9.59 Å². The van der Waals surface area contributed by atoms with Crippen LogP contribution in [0.15, 0.2) is 24.3 Å². The highest BCUT2D eigenvalue weighted by molar-refractivity contribution is 6.74. The van der Waals surface area contributed by atoms with E-state index in [9.17, 15) is 14.7 Å². The van der Waals surface area contributed by atoms with Crippen molar-refractivity contribution >= 4 is 28.6 Å². The van der Waals surface area contributed by atoms with Crippen LogP contribution in [0.1, 0.15) is 200 Å². The highest BCUT2D eigenvalue weighted by Crippen LogP contribution is 2.71. The second kappa shape index (κ2) is 20.6. The summed E-state index contributed by atoms with van der Waals surface area (Å²) in [5.41, 5.74) is 1.54. The molecule has 0 aromatic carbocycles. The first-order valence-electron chi connectivity index (χ1n) is 29.8. The normalized spacial score (nSPS) is 44.5. The average molecular weight is 1020 g/mol. The Morgan fingerprint density at radius 2 is 0.887 bits per heavy atom. The van der Waals surface area contributed by atoms with E-state index in [-0.39, 0.29) is 16.0 Å². The maximum absolute atomic E-state index is 11.8. The number of carboxylic acid groups (broad SMARTS) is 1. The topological polar surface area (TPSA) is 82.1 Å². The van der Waals surface area contributed by atoms with E-state index in [4.69, 9.17) is 13.6 Å². The van der Waals surface area contributed by atoms with Gasteiger partial charge in [-0.1, -0.05) is 122 Å². The fourth-order valence-electron chi connectivity index (χ4n) is 18.9. The molecule has 0 heterocycles. The van der Waals surface area contributed by atoms with Crippen molar-refractivity contribution in [1.82, 2.24) is 0 Å². The number of esters is 1. The number of ether oxygens (including phenoxy) is 1. The lowest BCUT2D eigenvalue weighted by Gasteiger charge is -2.64. The van der Waals surface area contributed by atoms with E-state index < -0.39 is 22.6 Å². The number of carboxylic acids is 1. The summed E-state index contributed by atoms with van der Waals surface area (Å²) in [6.07, 6.45) is 29.4. The van der Waals surface area contributed by atoms with E-state index >= 15 is 0 Å². The van der Waals surface area contributed by atoms with Crippen LogP contribution in [0, 0.1) is 105 Å². The lowest BCUT2D eigenvalue weighted by molar-refractivity contribution is -0.160. The third-order valence-electron chi connectivity index (χ3n) is 25.0. The molecule has 0 aromatic heterocycles. The molecule has 6 nitrogen and oxygen atoms in total. The van der Waals surface area contributed by atoms with E-state index in [0.717, 1.165) is 53.3 Å². The second-order valence-corrected chi connectivity index (χ2v) is 40.3. The van der Waals surface area contributed by atoms with Gasteiger partial charge < -0.3 is 18.7 Å². The van der Waals surface area contributed by atoms with Crippen LogP contribution in [-0.4, -0.2) is 53.0 Å². The van der Waals surface area contributed by atoms with Gasteiger partial charge in [0.25, 0.3) is 0 Å². The largest absolute Gasteiger partial charge is 0.478 e. The number of fused-ring (bicyclic) bond motifs is 10. The molecule has 8 fully saturated rings. The monoisotopic (exact) mass is 1020 g/mol. The van der Waals surface area contributed by atoms with E-state index in [2.05, 4.69) is 129 Å². The molecule has 8 rings (SSSR count). The van der Waals surface area contributed by atoms with Crippen molar-refractivity contribution in [3.05, 3.63) is 24.3 Å². The van der Waals surface area contributed by atoms with Crippen LogP contribution in [0.25, 0.3) is 0 Å². The third-order valence-corrected chi connectivity index (χ3v) is 34.0. The summed E-state index contributed by atoms with van der Waals surface area (Å²) in [5.74, 6) is 8.82. The first-order valence-corrected chi connectivity index (χ1v) is 35.6. The summed E-state index contributed by atoms with van der Waals surface area (Å²) in [7, 11) is -2.22. The third kappa shape index (κ3) is 10.8. The maximum Gasteiger partial charge on any atom is 0.330 e. The predicted molar refractivity (Wildman–Crippen MR) is 300 cm³/mol. The summed E-state index contributed by atoms with van der Waals surface area (Å²) in [4.78, 5) is 23.0. The zero-order chi connectivity index (χ0) is 52.7. The molecule has 6 unspecified atom stereocenters. The van der Waals surface area contributed by atoms with Gasteiger partial charge in [-0.2, -0.15) is 0 Å². The minimum Gasteiger partial charge on any atom is -0.478 e. The SMILES string of the molecule is COC(=O)/C=C/[C@@H](C)[C@H]1CCC2C3C[C@H](O[Si](C)(C)C(C)(C)C)[C@@H]4C[C@H](C)CC[C@]4(C)C3CC[C@@]21C.C[C@@H]1CC[C@]2(C)C3CC[C@@]4(C)C(CC[C@@H]4[C@H](C)/C=C/C(=O)O)C3C[C@H](O[Si](C)(C)C(C)(C)C)[C@@H]2C1. The van der Waals surface area contributed by atoms with Gasteiger partial charge in [-0.05, 0) is 231 Å². The van der Waals surface area contributed by atoms with Crippen molar-refractivity contribution < 1.29 is 28.3 Å². The number of aliphatic carboxylic acids is 1. The second-order valence-electron chi connectivity index (χ2n) is 30.8. The molecule has 0 bridgehead atoms. The smallest absolute Gasteiger partial charge is 0.330 e. The Labute approximate surface area is 438 Å². The highest BCUT2D eigenvalue weighted by Gasteiger charge is 2.65. The maximum atomic E-state index is 11.8. The Morgan fingerprint density at radius 1 is 0.535 bits per heavy atom. The zero-order valence-corrected chi connectivity index (χ0v) is 51.3. The molecule has 8 aliphatic carbocycles. The Bertz CT molecular complexity index is 1940. The number of methoxy groups -OCH3 is 1. The summed E-state index contributed by atoms with van der Waals surface area (Å²) in [6.45, 7) is 44.3. The average Bonchev–Trinajstić information content (AvgIpc) is 3.82. The summed E-state index contributed by atoms with van der Waals surface area (Å²) in [5, 5.41) is 9.69. The van der Waals surface area contributed by atoms with Gasteiger partial charge in [0.05, 0.1) is 7.11 Å². The summed E-state index contributed by atoms with van der Waals surface area (Å²) < 4.78 is 19.6. The molecule has 71 heavy (non-hydrogen) atoms. The van der Waals surface area contributed by atoms with Crippen molar-refractivity contribution in [3.8, 4) is 0 Å². The van der Waals surface area contributed by atoms with Crippen LogP contribution in [0.5, 0.6) is 0 Å². The molecule has 0 amide bonds. The van der Waals surface area contributed by atoms with Gasteiger partial charge in [-0.15, -0.1) is 0 Å². The number of carbonyl (C=O) groups excluding carboxylic acids is 1. The van der Waals surface area contributed by atoms with Crippen molar-refractivity contribution in [2.75, 3.05) is 7.11 Å². The predicted octanol–water partition coefficient (Wildman–Crippen LogP) is 17.2. The van der Waals surface area contributed by atoms with Gasteiger partial charge in [-0.3, -0.25) is 0 Å². The fourth-order valence-corrected chi connectivity index (χ4v) is 21.7.